The van der Waals surface area contributed by atoms with E-state index in [2.05, 4.69) is 5.32 Å². The minimum Gasteiger partial charge on any atom is -0.462 e. The first kappa shape index (κ1) is 23.7. The van der Waals surface area contributed by atoms with E-state index in [-0.39, 0.29) is 0 Å². The zero-order valence-electron chi connectivity index (χ0n) is 16.1. The molecule has 3 fully saturated rings. The number of hydrogen-bond donors (Lipinski definition) is 8. The maximum Gasteiger partial charge on any atom is 0.323 e. The van der Waals surface area contributed by atoms with E-state index in [1.165, 1.54) is 0 Å². The molecular weight excluding hydrogens is 410 g/mol. The normalized spacial score (nSPS) is 47.2. The fourth-order valence-corrected chi connectivity index (χ4v) is 3.71. The van der Waals surface area contributed by atoms with Crippen molar-refractivity contribution in [3.05, 3.63) is 0 Å². The molecule has 3 heterocycles. The standard InChI is InChI=1S/C17H29NO12/c19-4-7-14(11(22)12(23)16(26)28-7)30-17-13(24)10(21)9(20)8(29-17)5-27-15(25)6-2-1-3-18-6/h6-14,16-24,26H,1-5H2/t6-,7+,8+,9-,10-,11+,12+,13+,14+,16?,17-/m0/s1. The number of nitrogens with one attached hydrogen (secondary N) is 1. The highest BCUT2D eigenvalue weighted by Crippen LogP contribution is 2.28. The fraction of sp³-hybridized carbons (Fsp3) is 0.941. The zero-order valence-corrected chi connectivity index (χ0v) is 16.1. The third-order valence-electron chi connectivity index (χ3n) is 5.53. The van der Waals surface area contributed by atoms with Crippen LogP contribution in [-0.4, -0.2) is 129 Å². The van der Waals surface area contributed by atoms with E-state index in [4.69, 9.17) is 18.9 Å². The van der Waals surface area contributed by atoms with Gasteiger partial charge >= 0.3 is 5.97 Å². The lowest BCUT2D eigenvalue weighted by Gasteiger charge is -2.45. The van der Waals surface area contributed by atoms with Crippen LogP contribution in [0.25, 0.3) is 0 Å². The molecule has 8 N–H and O–H groups in total. The molecule has 13 nitrogen and oxygen atoms in total. The Morgan fingerprint density at radius 2 is 1.67 bits per heavy atom. The van der Waals surface area contributed by atoms with Crippen molar-refractivity contribution in [2.75, 3.05) is 19.8 Å². The van der Waals surface area contributed by atoms with Crippen molar-refractivity contribution >= 4 is 5.97 Å². The van der Waals surface area contributed by atoms with Gasteiger partial charge in [-0.15, -0.1) is 0 Å². The first-order valence-electron chi connectivity index (χ1n) is 9.80. The number of aliphatic hydroxyl groups is 7. The second kappa shape index (κ2) is 10.1. The first-order valence-corrected chi connectivity index (χ1v) is 9.80. The highest BCUT2D eigenvalue weighted by molar-refractivity contribution is 5.76. The Kier molecular flexibility index (Phi) is 7.97. The summed E-state index contributed by atoms with van der Waals surface area (Å²) in [6.45, 7) is -0.452. The molecule has 0 aromatic rings. The van der Waals surface area contributed by atoms with Crippen LogP contribution >= 0.6 is 0 Å². The molecule has 3 rings (SSSR count). The van der Waals surface area contributed by atoms with Crippen LogP contribution in [0.4, 0.5) is 0 Å². The predicted molar refractivity (Wildman–Crippen MR) is 93.5 cm³/mol. The number of ether oxygens (including phenoxy) is 4. The van der Waals surface area contributed by atoms with Crippen molar-refractivity contribution in [1.29, 1.82) is 0 Å². The Hall–Kier alpha value is -0.970. The van der Waals surface area contributed by atoms with Gasteiger partial charge in [0.25, 0.3) is 0 Å². The first-order chi connectivity index (χ1) is 14.2. The summed E-state index contributed by atoms with van der Waals surface area (Å²) in [4.78, 5) is 12.0. The molecule has 0 spiro atoms. The van der Waals surface area contributed by atoms with Gasteiger partial charge in [0.05, 0.1) is 6.61 Å². The van der Waals surface area contributed by atoms with E-state index in [1.807, 2.05) is 0 Å². The molecule has 0 saturated carbocycles. The van der Waals surface area contributed by atoms with E-state index < -0.39 is 86.6 Å². The van der Waals surface area contributed by atoms with Crippen molar-refractivity contribution in [3.63, 3.8) is 0 Å². The van der Waals surface area contributed by atoms with Gasteiger partial charge in [-0.2, -0.15) is 0 Å². The Bertz CT molecular complexity index is 573. The van der Waals surface area contributed by atoms with Crippen molar-refractivity contribution in [1.82, 2.24) is 5.32 Å². The van der Waals surface area contributed by atoms with E-state index in [9.17, 15) is 40.5 Å². The van der Waals surface area contributed by atoms with Crippen molar-refractivity contribution in [2.45, 2.75) is 80.3 Å². The van der Waals surface area contributed by atoms with Crippen LogP contribution in [0.15, 0.2) is 0 Å². The summed E-state index contributed by atoms with van der Waals surface area (Å²) in [5, 5.41) is 72.3. The molecule has 0 bridgehead atoms. The molecule has 30 heavy (non-hydrogen) atoms. The van der Waals surface area contributed by atoms with Crippen LogP contribution in [0.5, 0.6) is 0 Å². The molecule has 3 aliphatic rings. The van der Waals surface area contributed by atoms with Gasteiger partial charge in [-0.3, -0.25) is 4.79 Å². The highest BCUT2D eigenvalue weighted by atomic mass is 16.7. The summed E-state index contributed by atoms with van der Waals surface area (Å²) in [6, 6.07) is -0.471. The van der Waals surface area contributed by atoms with Crippen molar-refractivity contribution in [2.24, 2.45) is 0 Å². The van der Waals surface area contributed by atoms with E-state index in [0.29, 0.717) is 13.0 Å². The maximum atomic E-state index is 12.0. The van der Waals surface area contributed by atoms with Crippen LogP contribution in [0.2, 0.25) is 0 Å². The molecule has 0 aliphatic carbocycles. The summed E-state index contributed by atoms with van der Waals surface area (Å²) in [6.07, 6.45) is -14.5. The van der Waals surface area contributed by atoms with Gasteiger partial charge in [0.1, 0.15) is 61.5 Å². The minimum atomic E-state index is -1.77. The second-order valence-electron chi connectivity index (χ2n) is 7.62. The Balaban J connectivity index is 1.64. The highest BCUT2D eigenvalue weighted by Gasteiger charge is 2.50. The maximum absolute atomic E-state index is 12.0. The molecule has 0 aromatic carbocycles. The van der Waals surface area contributed by atoms with Gasteiger partial charge in [-0.25, -0.2) is 0 Å². The van der Waals surface area contributed by atoms with E-state index in [0.717, 1.165) is 6.42 Å². The number of carbonyl (C=O) groups excluding carboxylic acids is 1. The lowest BCUT2D eigenvalue weighted by molar-refractivity contribution is -0.355. The Morgan fingerprint density at radius 1 is 0.933 bits per heavy atom. The molecule has 3 saturated heterocycles. The van der Waals surface area contributed by atoms with E-state index in [1.54, 1.807) is 0 Å². The third kappa shape index (κ3) is 4.92. The van der Waals surface area contributed by atoms with Gasteiger partial charge < -0.3 is 60.0 Å². The number of esters is 1. The molecule has 1 unspecified atom stereocenters. The molecule has 0 amide bonds. The summed E-state index contributed by atoms with van der Waals surface area (Å²) in [5.74, 6) is -0.546. The van der Waals surface area contributed by atoms with Gasteiger partial charge in [-0.1, -0.05) is 0 Å². The molecule has 0 aromatic heterocycles. The molecule has 13 heteroatoms. The van der Waals surface area contributed by atoms with Crippen LogP contribution < -0.4 is 5.32 Å². The van der Waals surface area contributed by atoms with Crippen LogP contribution in [-0.2, 0) is 23.7 Å². The predicted octanol–water partition coefficient (Wildman–Crippen LogP) is -5.09. The van der Waals surface area contributed by atoms with Crippen LogP contribution in [0.3, 0.4) is 0 Å². The minimum absolute atomic E-state index is 0.434. The van der Waals surface area contributed by atoms with Gasteiger partial charge in [0.15, 0.2) is 12.6 Å². The van der Waals surface area contributed by atoms with Gasteiger partial charge in [0, 0.05) is 0 Å². The molecule has 0 radical (unpaired) electrons. The average Bonchev–Trinajstić information content (AvgIpc) is 3.27. The van der Waals surface area contributed by atoms with Crippen LogP contribution in [0, 0.1) is 0 Å². The number of rotatable bonds is 6. The van der Waals surface area contributed by atoms with Gasteiger partial charge in [-0.05, 0) is 19.4 Å². The molecule has 3 aliphatic heterocycles. The SMILES string of the molecule is O=C(OC[C@H]1O[C@@H](O[C@H]2[C@H](O)[C@@H](O)C(O)O[C@@H]2CO)[C@H](O)[C@@H](O)[C@H]1O)[C@@H]1CCCN1. The molecule has 174 valence electrons. The number of hydrogen-bond acceptors (Lipinski definition) is 13. The van der Waals surface area contributed by atoms with Crippen LogP contribution in [0.1, 0.15) is 12.8 Å². The third-order valence-corrected chi connectivity index (χ3v) is 5.53. The number of carbonyl (C=O) groups is 1. The second-order valence-corrected chi connectivity index (χ2v) is 7.62. The zero-order chi connectivity index (χ0) is 22.0. The largest absolute Gasteiger partial charge is 0.462 e. The Morgan fingerprint density at radius 3 is 2.30 bits per heavy atom. The monoisotopic (exact) mass is 439 g/mol. The summed E-state index contributed by atoms with van der Waals surface area (Å²) >= 11 is 0. The quantitative estimate of drug-likeness (QED) is 0.182. The average molecular weight is 439 g/mol. The Labute approximate surface area is 171 Å². The molecular formula is C17H29NO12. The van der Waals surface area contributed by atoms with E-state index >= 15 is 0 Å². The summed E-state index contributed by atoms with van der Waals surface area (Å²) < 4.78 is 21.0. The lowest BCUT2D eigenvalue weighted by Crippen LogP contribution is -2.64. The van der Waals surface area contributed by atoms with Crippen molar-refractivity contribution < 1.29 is 59.5 Å². The lowest BCUT2D eigenvalue weighted by atomic mass is 9.97. The smallest absolute Gasteiger partial charge is 0.323 e. The van der Waals surface area contributed by atoms with Gasteiger partial charge in [0.2, 0.25) is 0 Å². The topological polar surface area (TPSA) is 208 Å². The molecule has 11 atom stereocenters. The number of aliphatic hydroxyl groups excluding tert-OH is 7. The van der Waals surface area contributed by atoms with Crippen molar-refractivity contribution in [3.8, 4) is 0 Å². The fourth-order valence-electron chi connectivity index (χ4n) is 3.71. The summed E-state index contributed by atoms with van der Waals surface area (Å²) in [7, 11) is 0. The summed E-state index contributed by atoms with van der Waals surface area (Å²) in [5.41, 5.74) is 0.